The Morgan fingerprint density at radius 3 is 2.37 bits per heavy atom. The van der Waals surface area contributed by atoms with Gasteiger partial charge in [-0.15, -0.1) is 0 Å². The van der Waals surface area contributed by atoms with E-state index in [1.807, 2.05) is 45.4 Å². The van der Waals surface area contributed by atoms with Crippen LogP contribution < -0.4 is 0 Å². The topological polar surface area (TPSA) is 75.3 Å². The molecule has 0 spiro atoms. The highest BCUT2D eigenvalue weighted by molar-refractivity contribution is 5.99. The van der Waals surface area contributed by atoms with Crippen LogP contribution in [0, 0.1) is 33.6 Å². The number of ether oxygens (including phenoxy) is 2. The minimum Gasteiger partial charge on any atom is -0.457 e. The van der Waals surface area contributed by atoms with Gasteiger partial charge in [-0.3, -0.25) is 14.3 Å². The zero-order valence-corrected chi connectivity index (χ0v) is 19.5. The SMILES string of the molecule is COCC(C)n1c(C)cc(C(=O)COC(=O)Cc2c(C)nn(CC(C)C)c2C)c1C. The quantitative estimate of drug-likeness (QED) is 0.435. The number of esters is 1. The highest BCUT2D eigenvalue weighted by Crippen LogP contribution is 2.21. The van der Waals surface area contributed by atoms with Gasteiger partial charge in [-0.25, -0.2) is 0 Å². The summed E-state index contributed by atoms with van der Waals surface area (Å²) in [6.07, 6.45) is 0.118. The third kappa shape index (κ3) is 5.39. The van der Waals surface area contributed by atoms with Crippen LogP contribution in [-0.2, 0) is 27.2 Å². The molecule has 0 fully saturated rings. The van der Waals surface area contributed by atoms with Gasteiger partial charge in [-0.05, 0) is 46.6 Å². The second-order valence-electron chi connectivity index (χ2n) is 8.45. The van der Waals surface area contributed by atoms with Crippen LogP contribution in [0.4, 0.5) is 0 Å². The number of rotatable bonds is 10. The average molecular weight is 418 g/mol. The fraction of sp³-hybridized carbons (Fsp3) is 0.609. The summed E-state index contributed by atoms with van der Waals surface area (Å²) in [7, 11) is 1.66. The normalized spacial score (nSPS) is 12.4. The molecule has 0 saturated carbocycles. The molecule has 7 nitrogen and oxygen atoms in total. The molecule has 0 radical (unpaired) electrons. The number of Topliss-reactive ketones (excluding diaryl/α,β-unsaturated/α-hetero) is 1. The molecule has 30 heavy (non-hydrogen) atoms. The van der Waals surface area contributed by atoms with Crippen molar-refractivity contribution in [3.63, 3.8) is 0 Å². The van der Waals surface area contributed by atoms with E-state index in [9.17, 15) is 9.59 Å². The first-order chi connectivity index (χ1) is 14.1. The third-order valence-corrected chi connectivity index (χ3v) is 5.39. The smallest absolute Gasteiger partial charge is 0.310 e. The zero-order chi connectivity index (χ0) is 22.6. The number of aromatic nitrogens is 3. The molecule has 0 saturated heterocycles. The van der Waals surface area contributed by atoms with Crippen molar-refractivity contribution in [1.29, 1.82) is 0 Å². The fourth-order valence-corrected chi connectivity index (χ4v) is 3.99. The van der Waals surface area contributed by atoms with Gasteiger partial charge in [0.2, 0.25) is 5.78 Å². The monoisotopic (exact) mass is 417 g/mol. The summed E-state index contributed by atoms with van der Waals surface area (Å²) in [5.74, 6) is -0.150. The number of hydrogen-bond donors (Lipinski definition) is 0. The van der Waals surface area contributed by atoms with Gasteiger partial charge >= 0.3 is 5.97 Å². The number of carbonyl (C=O) groups is 2. The third-order valence-electron chi connectivity index (χ3n) is 5.39. The lowest BCUT2D eigenvalue weighted by atomic mass is 10.1. The van der Waals surface area contributed by atoms with Gasteiger partial charge < -0.3 is 14.0 Å². The van der Waals surface area contributed by atoms with E-state index >= 15 is 0 Å². The second-order valence-corrected chi connectivity index (χ2v) is 8.45. The average Bonchev–Trinajstić information content (AvgIpc) is 3.09. The number of methoxy groups -OCH3 is 1. The molecule has 7 heteroatoms. The molecule has 166 valence electrons. The van der Waals surface area contributed by atoms with Crippen LogP contribution >= 0.6 is 0 Å². The Kier molecular flexibility index (Phi) is 8.01. The molecular formula is C23H35N3O4. The summed E-state index contributed by atoms with van der Waals surface area (Å²) in [4.78, 5) is 25.1. The molecule has 0 N–H and O–H groups in total. The molecule has 0 aliphatic heterocycles. The van der Waals surface area contributed by atoms with Crippen molar-refractivity contribution in [3.05, 3.63) is 40.0 Å². The molecule has 0 aliphatic carbocycles. The molecule has 0 amide bonds. The van der Waals surface area contributed by atoms with Crippen molar-refractivity contribution in [1.82, 2.24) is 14.3 Å². The molecule has 2 aromatic heterocycles. The van der Waals surface area contributed by atoms with Crippen molar-refractivity contribution < 1.29 is 19.1 Å². The molecule has 2 heterocycles. The Morgan fingerprint density at radius 2 is 1.77 bits per heavy atom. The highest BCUT2D eigenvalue weighted by atomic mass is 16.5. The maximum Gasteiger partial charge on any atom is 0.310 e. The van der Waals surface area contributed by atoms with Crippen LogP contribution in [0.3, 0.4) is 0 Å². The maximum atomic E-state index is 12.7. The Balaban J connectivity index is 2.03. The van der Waals surface area contributed by atoms with Crippen LogP contribution in [0.15, 0.2) is 6.07 Å². The Bertz CT molecular complexity index is 908. The van der Waals surface area contributed by atoms with E-state index in [1.165, 1.54) is 0 Å². The molecule has 1 unspecified atom stereocenters. The molecule has 1 atom stereocenters. The number of aryl methyl sites for hydroxylation is 2. The zero-order valence-electron chi connectivity index (χ0n) is 19.5. The number of nitrogens with zero attached hydrogens (tertiary/aromatic N) is 3. The lowest BCUT2D eigenvalue weighted by molar-refractivity contribution is -0.141. The summed E-state index contributed by atoms with van der Waals surface area (Å²) >= 11 is 0. The molecule has 0 aliphatic rings. The van der Waals surface area contributed by atoms with Gasteiger partial charge in [0.15, 0.2) is 6.61 Å². The van der Waals surface area contributed by atoms with Gasteiger partial charge in [0.05, 0.1) is 24.8 Å². The highest BCUT2D eigenvalue weighted by Gasteiger charge is 2.21. The standard InChI is InChI=1S/C23H35N3O4/c1-14(2)11-25-18(6)20(17(5)24-25)10-23(28)30-13-22(27)21-9-15(3)26(19(21)7)16(4)12-29-8/h9,14,16H,10-13H2,1-8H3. The Labute approximate surface area is 179 Å². The van der Waals surface area contributed by atoms with Crippen molar-refractivity contribution in [3.8, 4) is 0 Å². The summed E-state index contributed by atoms with van der Waals surface area (Å²) < 4.78 is 14.6. The second kappa shape index (κ2) is 10.1. The molecule has 2 aromatic rings. The van der Waals surface area contributed by atoms with Gasteiger partial charge in [0, 0.05) is 41.9 Å². The first-order valence-electron chi connectivity index (χ1n) is 10.5. The summed E-state index contributed by atoms with van der Waals surface area (Å²) in [6, 6.07) is 1.97. The van der Waals surface area contributed by atoms with Crippen LogP contribution in [0.1, 0.15) is 65.5 Å². The minimum absolute atomic E-state index is 0.118. The number of ketones is 1. The number of carbonyl (C=O) groups excluding carboxylic acids is 2. The predicted octanol–water partition coefficient (Wildman–Crippen LogP) is 3.75. The van der Waals surface area contributed by atoms with E-state index < -0.39 is 5.97 Å². The minimum atomic E-state index is -0.416. The van der Waals surface area contributed by atoms with Crippen molar-refractivity contribution in [2.24, 2.45) is 5.92 Å². The maximum absolute atomic E-state index is 12.7. The molecule has 0 aromatic carbocycles. The molecular weight excluding hydrogens is 382 g/mol. The number of hydrogen-bond acceptors (Lipinski definition) is 5. The Hall–Kier alpha value is -2.41. The van der Waals surface area contributed by atoms with Crippen LogP contribution in [0.5, 0.6) is 0 Å². The molecule has 2 rings (SSSR count). The van der Waals surface area contributed by atoms with E-state index in [-0.39, 0.29) is 24.9 Å². The van der Waals surface area contributed by atoms with E-state index in [0.717, 1.165) is 34.9 Å². The van der Waals surface area contributed by atoms with Gasteiger partial charge in [-0.1, -0.05) is 13.8 Å². The van der Waals surface area contributed by atoms with Gasteiger partial charge in [-0.2, -0.15) is 5.10 Å². The summed E-state index contributed by atoms with van der Waals surface area (Å²) in [5, 5.41) is 4.53. The van der Waals surface area contributed by atoms with Crippen LogP contribution in [0.2, 0.25) is 0 Å². The van der Waals surface area contributed by atoms with E-state index in [2.05, 4.69) is 23.5 Å². The van der Waals surface area contributed by atoms with E-state index in [0.29, 0.717) is 18.1 Å². The van der Waals surface area contributed by atoms with E-state index in [4.69, 9.17) is 9.47 Å². The summed E-state index contributed by atoms with van der Waals surface area (Å²) in [5.41, 5.74) is 5.10. The van der Waals surface area contributed by atoms with Crippen molar-refractivity contribution in [2.45, 2.75) is 67.5 Å². The van der Waals surface area contributed by atoms with Gasteiger partial charge in [0.25, 0.3) is 0 Å². The first kappa shape index (κ1) is 23.9. The van der Waals surface area contributed by atoms with Crippen LogP contribution in [-0.4, -0.2) is 46.4 Å². The largest absolute Gasteiger partial charge is 0.457 e. The first-order valence-corrected chi connectivity index (χ1v) is 10.5. The van der Waals surface area contributed by atoms with Crippen LogP contribution in [0.25, 0.3) is 0 Å². The molecule has 0 bridgehead atoms. The van der Waals surface area contributed by atoms with E-state index in [1.54, 1.807) is 7.11 Å². The lowest BCUT2D eigenvalue weighted by Gasteiger charge is -2.17. The predicted molar refractivity (Wildman–Crippen MR) is 116 cm³/mol. The fourth-order valence-electron chi connectivity index (χ4n) is 3.99. The van der Waals surface area contributed by atoms with Crippen molar-refractivity contribution in [2.75, 3.05) is 20.3 Å². The lowest BCUT2D eigenvalue weighted by Crippen LogP contribution is -2.18. The van der Waals surface area contributed by atoms with Gasteiger partial charge in [0.1, 0.15) is 0 Å². The summed E-state index contributed by atoms with van der Waals surface area (Å²) in [6.45, 7) is 15.1. The Morgan fingerprint density at radius 1 is 1.10 bits per heavy atom. The van der Waals surface area contributed by atoms with Crippen molar-refractivity contribution >= 4 is 11.8 Å².